The Morgan fingerprint density at radius 3 is 2.84 bits per heavy atom. The lowest BCUT2D eigenvalue weighted by atomic mass is 10.2. The molecule has 0 saturated carbocycles. The topological polar surface area (TPSA) is 74.0 Å². The number of aromatic nitrogens is 2. The van der Waals surface area contributed by atoms with Gasteiger partial charge in [0.15, 0.2) is 5.76 Å². The van der Waals surface area contributed by atoms with Crippen molar-refractivity contribution in [2.75, 3.05) is 5.73 Å². The Hall–Kier alpha value is -2.08. The monoisotopic (exact) mass is 319 g/mol. The number of hydrogen-bond acceptors (Lipinski definition) is 4. The van der Waals surface area contributed by atoms with Crippen molar-refractivity contribution < 1.29 is 9.21 Å². The molecular formula is C13H10BrN3O2. The third kappa shape index (κ3) is 2.04. The second-order valence-corrected chi connectivity index (χ2v) is 5.14. The van der Waals surface area contributed by atoms with Crippen LogP contribution in [0, 0.1) is 6.92 Å². The lowest BCUT2D eigenvalue weighted by Gasteiger charge is -1.98. The van der Waals surface area contributed by atoms with E-state index in [1.54, 1.807) is 19.1 Å². The maximum atomic E-state index is 12.3. The minimum Gasteiger partial charge on any atom is -0.451 e. The fourth-order valence-corrected chi connectivity index (χ4v) is 2.24. The molecule has 0 fully saturated rings. The molecule has 3 aromatic rings. The summed E-state index contributed by atoms with van der Waals surface area (Å²) < 4.78 is 7.57. The molecule has 1 aromatic carbocycles. The number of anilines is 1. The molecule has 2 aromatic heterocycles. The van der Waals surface area contributed by atoms with Gasteiger partial charge in [-0.2, -0.15) is 9.78 Å². The van der Waals surface area contributed by atoms with Crippen LogP contribution in [0.3, 0.4) is 0 Å². The largest absolute Gasteiger partial charge is 0.451 e. The van der Waals surface area contributed by atoms with Crippen LogP contribution in [0.2, 0.25) is 0 Å². The minimum absolute atomic E-state index is 0.211. The molecular weight excluding hydrogens is 310 g/mol. The Morgan fingerprint density at radius 1 is 1.37 bits per heavy atom. The van der Waals surface area contributed by atoms with E-state index in [1.165, 1.54) is 0 Å². The molecule has 0 aliphatic carbocycles. The molecule has 0 spiro atoms. The van der Waals surface area contributed by atoms with Crippen molar-refractivity contribution >= 4 is 38.6 Å². The Kier molecular flexibility index (Phi) is 2.67. The predicted molar refractivity (Wildman–Crippen MR) is 75.0 cm³/mol. The SMILES string of the molecule is Cc1cc(N)n(C(=O)c2cc3ccc(Br)cc3o2)n1. The zero-order chi connectivity index (χ0) is 13.6. The Morgan fingerprint density at radius 2 is 2.16 bits per heavy atom. The first-order chi connectivity index (χ1) is 9.04. The molecule has 0 atom stereocenters. The first-order valence-electron chi connectivity index (χ1n) is 5.60. The lowest BCUT2D eigenvalue weighted by Crippen LogP contribution is -2.15. The van der Waals surface area contributed by atoms with Gasteiger partial charge >= 0.3 is 5.91 Å². The normalized spacial score (nSPS) is 11.1. The second-order valence-electron chi connectivity index (χ2n) is 4.22. The fourth-order valence-electron chi connectivity index (χ4n) is 1.90. The number of benzene rings is 1. The van der Waals surface area contributed by atoms with Gasteiger partial charge in [-0.3, -0.25) is 4.79 Å². The summed E-state index contributed by atoms with van der Waals surface area (Å²) in [6, 6.07) is 8.89. The van der Waals surface area contributed by atoms with Gasteiger partial charge in [-0.1, -0.05) is 15.9 Å². The van der Waals surface area contributed by atoms with Crippen LogP contribution in [0.1, 0.15) is 16.2 Å². The predicted octanol–water partition coefficient (Wildman–Crippen LogP) is 2.97. The fraction of sp³-hybridized carbons (Fsp3) is 0.0769. The van der Waals surface area contributed by atoms with E-state index in [1.807, 2.05) is 18.2 Å². The summed E-state index contributed by atoms with van der Waals surface area (Å²) in [6.45, 7) is 1.77. The molecule has 6 heteroatoms. The number of halogens is 1. The molecule has 0 radical (unpaired) electrons. The first kappa shape index (κ1) is 12.0. The molecule has 0 aliphatic heterocycles. The summed E-state index contributed by atoms with van der Waals surface area (Å²) >= 11 is 3.36. The second kappa shape index (κ2) is 4.24. The maximum absolute atomic E-state index is 12.3. The molecule has 0 saturated heterocycles. The van der Waals surface area contributed by atoms with Crippen LogP contribution in [0.4, 0.5) is 5.82 Å². The highest BCUT2D eigenvalue weighted by molar-refractivity contribution is 9.10. The summed E-state index contributed by atoms with van der Waals surface area (Å²) in [6.07, 6.45) is 0. The van der Waals surface area contributed by atoms with E-state index >= 15 is 0 Å². The number of fused-ring (bicyclic) bond motifs is 1. The number of rotatable bonds is 1. The number of furan rings is 1. The summed E-state index contributed by atoms with van der Waals surface area (Å²) in [7, 11) is 0. The third-order valence-electron chi connectivity index (χ3n) is 2.74. The quantitative estimate of drug-likeness (QED) is 0.748. The molecule has 2 heterocycles. The van der Waals surface area contributed by atoms with E-state index in [0.29, 0.717) is 17.1 Å². The van der Waals surface area contributed by atoms with Crippen molar-refractivity contribution in [1.82, 2.24) is 9.78 Å². The van der Waals surface area contributed by atoms with Crippen molar-refractivity contribution in [1.29, 1.82) is 0 Å². The molecule has 0 amide bonds. The Labute approximate surface area is 117 Å². The van der Waals surface area contributed by atoms with E-state index in [2.05, 4.69) is 21.0 Å². The summed E-state index contributed by atoms with van der Waals surface area (Å²) in [4.78, 5) is 12.3. The van der Waals surface area contributed by atoms with Crippen molar-refractivity contribution in [3.8, 4) is 0 Å². The number of carbonyl (C=O) groups excluding carboxylic acids is 1. The number of nitrogens with zero attached hydrogens (tertiary/aromatic N) is 2. The van der Waals surface area contributed by atoms with Crippen molar-refractivity contribution in [3.05, 3.63) is 46.3 Å². The van der Waals surface area contributed by atoms with Crippen LogP contribution in [0.5, 0.6) is 0 Å². The van der Waals surface area contributed by atoms with E-state index < -0.39 is 0 Å². The highest BCUT2D eigenvalue weighted by Crippen LogP contribution is 2.24. The number of nitrogen functional groups attached to an aromatic ring is 1. The zero-order valence-electron chi connectivity index (χ0n) is 10.1. The number of nitrogens with two attached hydrogens (primary N) is 1. The molecule has 96 valence electrons. The highest BCUT2D eigenvalue weighted by Gasteiger charge is 2.17. The lowest BCUT2D eigenvalue weighted by molar-refractivity contribution is 0.0922. The standard InChI is InChI=1S/C13H10BrN3O2/c1-7-4-12(15)17(16-7)13(18)11-5-8-2-3-9(14)6-10(8)19-11/h2-6H,15H2,1H3. The summed E-state index contributed by atoms with van der Waals surface area (Å²) in [5, 5.41) is 4.90. The first-order valence-corrected chi connectivity index (χ1v) is 6.40. The molecule has 19 heavy (non-hydrogen) atoms. The minimum atomic E-state index is -0.377. The molecule has 2 N–H and O–H groups in total. The number of aryl methyl sites for hydroxylation is 1. The van der Waals surface area contributed by atoms with E-state index in [0.717, 1.165) is 14.5 Å². The van der Waals surface area contributed by atoms with Crippen LogP contribution in [0.15, 0.2) is 39.2 Å². The van der Waals surface area contributed by atoms with Gasteiger partial charge in [0, 0.05) is 15.9 Å². The molecule has 0 bridgehead atoms. The van der Waals surface area contributed by atoms with Gasteiger partial charge in [-0.25, -0.2) is 0 Å². The van der Waals surface area contributed by atoms with Gasteiger partial charge in [0.1, 0.15) is 11.4 Å². The van der Waals surface area contributed by atoms with E-state index in [-0.39, 0.29) is 11.7 Å². The van der Waals surface area contributed by atoms with Gasteiger partial charge in [0.25, 0.3) is 0 Å². The van der Waals surface area contributed by atoms with Gasteiger partial charge in [-0.15, -0.1) is 0 Å². The molecule has 5 nitrogen and oxygen atoms in total. The van der Waals surface area contributed by atoms with Crippen molar-refractivity contribution in [2.24, 2.45) is 0 Å². The van der Waals surface area contributed by atoms with Crippen LogP contribution in [-0.2, 0) is 0 Å². The van der Waals surface area contributed by atoms with Crippen molar-refractivity contribution in [2.45, 2.75) is 6.92 Å². The summed E-state index contributed by atoms with van der Waals surface area (Å²) in [5.74, 6) is 0.130. The van der Waals surface area contributed by atoms with Gasteiger partial charge < -0.3 is 10.2 Å². The van der Waals surface area contributed by atoms with Crippen LogP contribution >= 0.6 is 15.9 Å². The van der Waals surface area contributed by atoms with E-state index in [9.17, 15) is 4.79 Å². The van der Waals surface area contributed by atoms with Crippen LogP contribution in [0.25, 0.3) is 11.0 Å². The van der Waals surface area contributed by atoms with Crippen molar-refractivity contribution in [3.63, 3.8) is 0 Å². The smallest absolute Gasteiger partial charge is 0.315 e. The molecule has 0 unspecified atom stereocenters. The van der Waals surface area contributed by atoms with Gasteiger partial charge in [0.2, 0.25) is 0 Å². The average molecular weight is 320 g/mol. The number of hydrogen-bond donors (Lipinski definition) is 1. The average Bonchev–Trinajstić information content (AvgIpc) is 2.91. The Bertz CT molecular complexity index is 788. The van der Waals surface area contributed by atoms with Crippen LogP contribution < -0.4 is 5.73 Å². The van der Waals surface area contributed by atoms with Gasteiger partial charge in [0.05, 0.1) is 5.69 Å². The van der Waals surface area contributed by atoms with E-state index in [4.69, 9.17) is 10.2 Å². The highest BCUT2D eigenvalue weighted by atomic mass is 79.9. The maximum Gasteiger partial charge on any atom is 0.315 e. The summed E-state index contributed by atoms with van der Waals surface area (Å²) in [5.41, 5.74) is 7.05. The number of carbonyl (C=O) groups is 1. The van der Waals surface area contributed by atoms with Gasteiger partial charge in [-0.05, 0) is 31.2 Å². The zero-order valence-corrected chi connectivity index (χ0v) is 11.6. The Balaban J connectivity index is 2.09. The third-order valence-corrected chi connectivity index (χ3v) is 3.24. The van der Waals surface area contributed by atoms with Crippen LogP contribution in [-0.4, -0.2) is 15.7 Å². The molecule has 0 aliphatic rings. The molecule has 3 rings (SSSR count).